The molecule has 1 atom stereocenters. The van der Waals surface area contributed by atoms with Gasteiger partial charge in [-0.15, -0.1) is 0 Å². The first-order valence-electron chi connectivity index (χ1n) is 14.5. The Balaban J connectivity index is 1.12. The fourth-order valence-electron chi connectivity index (χ4n) is 6.15. The van der Waals surface area contributed by atoms with Gasteiger partial charge in [-0.2, -0.15) is 0 Å². The summed E-state index contributed by atoms with van der Waals surface area (Å²) in [6, 6.07) is 15.8. The van der Waals surface area contributed by atoms with Gasteiger partial charge in [-0.3, -0.25) is 4.79 Å². The van der Waals surface area contributed by atoms with Gasteiger partial charge in [0.05, 0.1) is 19.3 Å². The maximum atomic E-state index is 13.1. The zero-order valence-electron chi connectivity index (χ0n) is 23.4. The van der Waals surface area contributed by atoms with E-state index in [-0.39, 0.29) is 11.9 Å². The number of rotatable bonds is 10. The SMILES string of the molecule is COc1cccc(CCOc2cccc3[nH]c(C(=O)NC4CCC(O)(CCN5CCC[C@@H](C)C5)CC4)cc23)c1. The van der Waals surface area contributed by atoms with Crippen molar-refractivity contribution in [3.8, 4) is 11.5 Å². The van der Waals surface area contributed by atoms with E-state index in [4.69, 9.17) is 9.47 Å². The Kier molecular flexibility index (Phi) is 8.78. The summed E-state index contributed by atoms with van der Waals surface area (Å²) >= 11 is 0. The van der Waals surface area contributed by atoms with Gasteiger partial charge in [0.25, 0.3) is 5.91 Å². The Morgan fingerprint density at radius 3 is 2.77 bits per heavy atom. The van der Waals surface area contributed by atoms with Gasteiger partial charge in [0.1, 0.15) is 17.2 Å². The molecule has 2 fully saturated rings. The Morgan fingerprint density at radius 2 is 1.97 bits per heavy atom. The summed E-state index contributed by atoms with van der Waals surface area (Å²) in [5.74, 6) is 2.25. The number of piperidine rings is 1. The lowest BCUT2D eigenvalue weighted by atomic mass is 9.80. The third-order valence-corrected chi connectivity index (χ3v) is 8.54. The molecule has 7 nitrogen and oxygen atoms in total. The van der Waals surface area contributed by atoms with Crippen molar-refractivity contribution in [3.63, 3.8) is 0 Å². The van der Waals surface area contributed by atoms with E-state index in [0.29, 0.717) is 12.3 Å². The predicted molar refractivity (Wildman–Crippen MR) is 155 cm³/mol. The van der Waals surface area contributed by atoms with Crippen LogP contribution in [-0.2, 0) is 6.42 Å². The van der Waals surface area contributed by atoms with Gasteiger partial charge < -0.3 is 29.8 Å². The molecule has 7 heteroatoms. The molecule has 3 aromatic rings. The number of methoxy groups -OCH3 is 1. The number of fused-ring (bicyclic) bond motifs is 1. The highest BCUT2D eigenvalue weighted by molar-refractivity contribution is 5.99. The van der Waals surface area contributed by atoms with Crippen molar-refractivity contribution in [2.75, 3.05) is 33.4 Å². The zero-order valence-corrected chi connectivity index (χ0v) is 23.4. The van der Waals surface area contributed by atoms with Gasteiger partial charge in [0.2, 0.25) is 0 Å². The zero-order chi connectivity index (χ0) is 27.2. The van der Waals surface area contributed by atoms with Crippen molar-refractivity contribution >= 4 is 16.8 Å². The predicted octanol–water partition coefficient (Wildman–Crippen LogP) is 5.32. The molecule has 1 saturated carbocycles. The van der Waals surface area contributed by atoms with Crippen LogP contribution in [0.2, 0.25) is 0 Å². The summed E-state index contributed by atoms with van der Waals surface area (Å²) in [6.07, 6.45) is 7.24. The van der Waals surface area contributed by atoms with E-state index in [9.17, 15) is 9.90 Å². The second-order valence-corrected chi connectivity index (χ2v) is 11.6. The third kappa shape index (κ3) is 7.14. The second-order valence-electron chi connectivity index (χ2n) is 11.6. The van der Waals surface area contributed by atoms with E-state index in [2.05, 4.69) is 28.2 Å². The molecular formula is C32H43N3O4. The summed E-state index contributed by atoms with van der Waals surface area (Å²) in [6.45, 7) is 6.12. The van der Waals surface area contributed by atoms with Crippen molar-refractivity contribution in [1.29, 1.82) is 0 Å². The van der Waals surface area contributed by atoms with Gasteiger partial charge in [-0.25, -0.2) is 0 Å². The normalized spacial score (nSPS) is 24.0. The number of hydrogen-bond acceptors (Lipinski definition) is 5. The minimum atomic E-state index is -0.611. The lowest BCUT2D eigenvalue weighted by molar-refractivity contribution is -0.0201. The summed E-state index contributed by atoms with van der Waals surface area (Å²) in [5, 5.41) is 15.3. The van der Waals surface area contributed by atoms with E-state index in [1.807, 2.05) is 42.5 Å². The molecule has 2 aliphatic rings. The minimum Gasteiger partial charge on any atom is -0.497 e. The van der Waals surface area contributed by atoms with Crippen molar-refractivity contribution in [2.24, 2.45) is 5.92 Å². The highest BCUT2D eigenvalue weighted by Crippen LogP contribution is 2.32. The monoisotopic (exact) mass is 533 g/mol. The molecule has 1 aromatic heterocycles. The van der Waals surface area contributed by atoms with Gasteiger partial charge in [0.15, 0.2) is 0 Å². The van der Waals surface area contributed by atoms with Crippen LogP contribution in [0.5, 0.6) is 11.5 Å². The van der Waals surface area contributed by atoms with E-state index < -0.39 is 5.60 Å². The van der Waals surface area contributed by atoms with Crippen molar-refractivity contribution in [3.05, 3.63) is 59.8 Å². The summed E-state index contributed by atoms with van der Waals surface area (Å²) in [4.78, 5) is 18.9. The second kappa shape index (κ2) is 12.4. The number of likely N-dealkylation sites (tertiary alicyclic amines) is 1. The first-order valence-corrected chi connectivity index (χ1v) is 14.5. The number of H-pyrrole nitrogens is 1. The van der Waals surface area contributed by atoms with Crippen molar-refractivity contribution in [2.45, 2.75) is 69.9 Å². The number of amides is 1. The van der Waals surface area contributed by atoms with Crippen LogP contribution in [-0.4, -0.2) is 65.9 Å². The van der Waals surface area contributed by atoms with E-state index in [1.54, 1.807) is 7.11 Å². The number of benzene rings is 2. The Hall–Kier alpha value is -3.03. The molecule has 2 heterocycles. The Morgan fingerprint density at radius 1 is 1.15 bits per heavy atom. The number of ether oxygens (including phenoxy) is 2. The van der Waals surface area contributed by atoms with Crippen LogP contribution in [0.1, 0.15) is 67.9 Å². The number of carbonyl (C=O) groups is 1. The number of aliphatic hydroxyl groups is 1. The summed E-state index contributed by atoms with van der Waals surface area (Å²) in [7, 11) is 1.67. The van der Waals surface area contributed by atoms with Gasteiger partial charge in [0, 0.05) is 36.5 Å². The summed E-state index contributed by atoms with van der Waals surface area (Å²) in [5.41, 5.74) is 1.95. The van der Waals surface area contributed by atoms with Gasteiger partial charge in [-0.05, 0) is 93.3 Å². The van der Waals surface area contributed by atoms with E-state index in [1.165, 1.54) is 12.8 Å². The summed E-state index contributed by atoms with van der Waals surface area (Å²) < 4.78 is 11.4. The molecule has 5 rings (SSSR count). The standard InChI is InChI=1S/C32H43N3O4/c1-23-6-5-17-35(22-23)18-16-32(37)14-11-25(12-15-32)33-31(36)29-21-27-28(34-29)9-4-10-30(27)39-19-13-24-7-3-8-26(20-24)38-2/h3-4,7-10,20-21,23,25,34,37H,5-6,11-19,22H2,1-2H3,(H,33,36)/t23-,25?,32?/m1/s1. The molecule has 1 aliphatic heterocycles. The van der Waals surface area contributed by atoms with Crippen LogP contribution in [0.4, 0.5) is 0 Å². The van der Waals surface area contributed by atoms with Crippen LogP contribution < -0.4 is 14.8 Å². The van der Waals surface area contributed by atoms with E-state index in [0.717, 1.165) is 92.0 Å². The Labute approximate surface area is 231 Å². The number of nitrogens with zero attached hydrogens (tertiary/aromatic N) is 1. The highest BCUT2D eigenvalue weighted by atomic mass is 16.5. The fraction of sp³-hybridized carbons (Fsp3) is 0.531. The molecule has 39 heavy (non-hydrogen) atoms. The minimum absolute atomic E-state index is 0.0813. The molecule has 0 bridgehead atoms. The smallest absolute Gasteiger partial charge is 0.267 e. The molecular weight excluding hydrogens is 490 g/mol. The van der Waals surface area contributed by atoms with Crippen LogP contribution in [0.3, 0.4) is 0 Å². The van der Waals surface area contributed by atoms with Crippen LogP contribution in [0.15, 0.2) is 48.5 Å². The molecule has 0 radical (unpaired) electrons. The van der Waals surface area contributed by atoms with Crippen molar-refractivity contribution < 1.29 is 19.4 Å². The largest absolute Gasteiger partial charge is 0.497 e. The first kappa shape index (κ1) is 27.5. The molecule has 1 amide bonds. The lowest BCUT2D eigenvalue weighted by Gasteiger charge is -2.39. The number of aromatic nitrogens is 1. The van der Waals surface area contributed by atoms with Gasteiger partial charge in [-0.1, -0.05) is 25.1 Å². The van der Waals surface area contributed by atoms with Crippen molar-refractivity contribution in [1.82, 2.24) is 15.2 Å². The molecule has 0 spiro atoms. The number of aromatic amines is 1. The number of hydrogen-bond donors (Lipinski definition) is 3. The molecule has 1 saturated heterocycles. The molecule has 210 valence electrons. The quantitative estimate of drug-likeness (QED) is 0.328. The van der Waals surface area contributed by atoms with Crippen LogP contribution >= 0.6 is 0 Å². The van der Waals surface area contributed by atoms with E-state index >= 15 is 0 Å². The Bertz CT molecular complexity index is 1250. The molecule has 2 aromatic carbocycles. The van der Waals surface area contributed by atoms with Crippen LogP contribution in [0, 0.1) is 5.92 Å². The number of carbonyl (C=O) groups excluding carboxylic acids is 1. The molecule has 3 N–H and O–H groups in total. The maximum absolute atomic E-state index is 13.1. The lowest BCUT2D eigenvalue weighted by Crippen LogP contribution is -2.45. The fourth-order valence-corrected chi connectivity index (χ4v) is 6.15. The third-order valence-electron chi connectivity index (χ3n) is 8.54. The van der Waals surface area contributed by atoms with Gasteiger partial charge >= 0.3 is 0 Å². The topological polar surface area (TPSA) is 86.8 Å². The first-order chi connectivity index (χ1) is 18.9. The highest BCUT2D eigenvalue weighted by Gasteiger charge is 2.34. The van der Waals surface area contributed by atoms with Crippen LogP contribution in [0.25, 0.3) is 10.9 Å². The average Bonchev–Trinajstić information content (AvgIpc) is 3.39. The average molecular weight is 534 g/mol. The maximum Gasteiger partial charge on any atom is 0.267 e. The molecule has 0 unspecified atom stereocenters. The molecule has 1 aliphatic carbocycles. The number of nitrogens with one attached hydrogen (secondary N) is 2.